The SMILES string of the molecule is COc1cc2ccccc2cc1C(=O)Nc1ccc(-c2nc3ncccc3o2)cc1C. The zero-order valence-corrected chi connectivity index (χ0v) is 17.0. The number of amides is 1. The van der Waals surface area contributed by atoms with Crippen LogP contribution in [0.4, 0.5) is 5.69 Å². The predicted molar refractivity (Wildman–Crippen MR) is 120 cm³/mol. The third-order valence-corrected chi connectivity index (χ3v) is 5.20. The Labute approximate surface area is 178 Å². The molecule has 5 aromatic rings. The smallest absolute Gasteiger partial charge is 0.259 e. The second-order valence-electron chi connectivity index (χ2n) is 7.23. The summed E-state index contributed by atoms with van der Waals surface area (Å²) >= 11 is 0. The number of fused-ring (bicyclic) bond motifs is 2. The molecule has 0 aliphatic rings. The molecule has 6 heteroatoms. The van der Waals surface area contributed by atoms with Crippen molar-refractivity contribution in [3.8, 4) is 17.2 Å². The highest BCUT2D eigenvalue weighted by Crippen LogP contribution is 2.29. The topological polar surface area (TPSA) is 77.2 Å². The van der Waals surface area contributed by atoms with Crippen LogP contribution < -0.4 is 10.1 Å². The van der Waals surface area contributed by atoms with Gasteiger partial charge in [0.25, 0.3) is 5.91 Å². The van der Waals surface area contributed by atoms with E-state index >= 15 is 0 Å². The summed E-state index contributed by atoms with van der Waals surface area (Å²) in [5.41, 5.74) is 4.09. The number of pyridine rings is 1. The summed E-state index contributed by atoms with van der Waals surface area (Å²) in [5.74, 6) is 0.792. The Kier molecular flexibility index (Phi) is 4.59. The van der Waals surface area contributed by atoms with Gasteiger partial charge in [0.15, 0.2) is 11.2 Å². The summed E-state index contributed by atoms with van der Waals surface area (Å²) in [4.78, 5) is 21.7. The summed E-state index contributed by atoms with van der Waals surface area (Å²) in [5, 5.41) is 4.98. The average Bonchev–Trinajstić information content (AvgIpc) is 3.23. The molecule has 5 rings (SSSR count). The van der Waals surface area contributed by atoms with Crippen LogP contribution >= 0.6 is 0 Å². The number of aryl methyl sites for hydroxylation is 1. The van der Waals surface area contributed by atoms with Crippen molar-refractivity contribution in [1.82, 2.24) is 9.97 Å². The normalized spacial score (nSPS) is 11.0. The van der Waals surface area contributed by atoms with E-state index in [-0.39, 0.29) is 5.91 Å². The number of nitrogens with one attached hydrogen (secondary N) is 1. The molecule has 0 bridgehead atoms. The van der Waals surface area contributed by atoms with Gasteiger partial charge in [-0.25, -0.2) is 4.98 Å². The zero-order valence-electron chi connectivity index (χ0n) is 17.0. The summed E-state index contributed by atoms with van der Waals surface area (Å²) in [6.45, 7) is 1.93. The lowest BCUT2D eigenvalue weighted by Crippen LogP contribution is -2.14. The number of ether oxygens (including phenoxy) is 1. The highest BCUT2D eigenvalue weighted by Gasteiger charge is 2.16. The van der Waals surface area contributed by atoms with E-state index < -0.39 is 0 Å². The lowest BCUT2D eigenvalue weighted by Gasteiger charge is -2.13. The Hall–Kier alpha value is -4.19. The summed E-state index contributed by atoms with van der Waals surface area (Å²) in [6, 6.07) is 20.9. The fourth-order valence-electron chi connectivity index (χ4n) is 3.58. The summed E-state index contributed by atoms with van der Waals surface area (Å²) < 4.78 is 11.3. The van der Waals surface area contributed by atoms with Crippen molar-refractivity contribution < 1.29 is 13.9 Å². The van der Waals surface area contributed by atoms with Gasteiger partial charge >= 0.3 is 0 Å². The molecule has 3 aromatic carbocycles. The molecule has 0 saturated heterocycles. The molecular weight excluding hydrogens is 390 g/mol. The highest BCUT2D eigenvalue weighted by molar-refractivity contribution is 6.09. The highest BCUT2D eigenvalue weighted by atomic mass is 16.5. The Bertz CT molecular complexity index is 1410. The van der Waals surface area contributed by atoms with Gasteiger partial charge in [-0.3, -0.25) is 4.79 Å². The molecule has 0 spiro atoms. The maximum atomic E-state index is 13.0. The number of methoxy groups -OCH3 is 1. The molecule has 152 valence electrons. The fourth-order valence-corrected chi connectivity index (χ4v) is 3.58. The van der Waals surface area contributed by atoms with Gasteiger partial charge in [-0.15, -0.1) is 0 Å². The second-order valence-corrected chi connectivity index (χ2v) is 7.23. The monoisotopic (exact) mass is 409 g/mol. The summed E-state index contributed by atoms with van der Waals surface area (Å²) in [7, 11) is 1.57. The molecule has 0 fully saturated rings. The van der Waals surface area contributed by atoms with Crippen LogP contribution in [0, 0.1) is 6.92 Å². The van der Waals surface area contributed by atoms with E-state index in [0.717, 1.165) is 21.9 Å². The lowest BCUT2D eigenvalue weighted by molar-refractivity contribution is 0.102. The molecule has 31 heavy (non-hydrogen) atoms. The fraction of sp³-hybridized carbons (Fsp3) is 0.0800. The molecule has 0 aliphatic heterocycles. The molecule has 0 atom stereocenters. The molecular formula is C25H19N3O3. The molecule has 2 aromatic heterocycles. The first-order chi connectivity index (χ1) is 15.1. The van der Waals surface area contributed by atoms with E-state index in [2.05, 4.69) is 15.3 Å². The molecule has 0 aliphatic carbocycles. The van der Waals surface area contributed by atoms with Crippen LogP contribution in [0.5, 0.6) is 5.75 Å². The molecule has 0 radical (unpaired) electrons. The number of hydrogen-bond acceptors (Lipinski definition) is 5. The third-order valence-electron chi connectivity index (χ3n) is 5.20. The molecule has 0 saturated carbocycles. The number of aromatic nitrogens is 2. The maximum absolute atomic E-state index is 13.0. The number of carbonyl (C=O) groups is 1. The number of rotatable bonds is 4. The van der Waals surface area contributed by atoms with Gasteiger partial charge in [-0.1, -0.05) is 24.3 Å². The first-order valence-electron chi connectivity index (χ1n) is 9.83. The summed E-state index contributed by atoms with van der Waals surface area (Å²) in [6.07, 6.45) is 1.68. The van der Waals surface area contributed by atoms with Crippen LogP contribution in [-0.2, 0) is 0 Å². The van der Waals surface area contributed by atoms with Gasteiger partial charge in [0, 0.05) is 17.4 Å². The van der Waals surface area contributed by atoms with Gasteiger partial charge in [-0.05, 0) is 65.7 Å². The Morgan fingerprint density at radius 1 is 1.00 bits per heavy atom. The van der Waals surface area contributed by atoms with E-state index in [4.69, 9.17) is 9.15 Å². The van der Waals surface area contributed by atoms with Gasteiger partial charge in [0.1, 0.15) is 5.75 Å². The molecule has 1 amide bonds. The first-order valence-corrected chi connectivity index (χ1v) is 9.83. The number of hydrogen-bond donors (Lipinski definition) is 1. The van der Waals surface area contributed by atoms with E-state index in [1.165, 1.54) is 0 Å². The van der Waals surface area contributed by atoms with Gasteiger partial charge < -0.3 is 14.5 Å². The quantitative estimate of drug-likeness (QED) is 0.417. The van der Waals surface area contributed by atoms with Crippen molar-refractivity contribution in [3.63, 3.8) is 0 Å². The van der Waals surface area contributed by atoms with Gasteiger partial charge in [-0.2, -0.15) is 4.98 Å². The minimum atomic E-state index is -0.232. The number of carbonyl (C=O) groups excluding carboxylic acids is 1. The molecule has 0 unspecified atom stereocenters. The van der Waals surface area contributed by atoms with Crippen molar-refractivity contribution in [2.45, 2.75) is 6.92 Å². The van der Waals surface area contributed by atoms with Gasteiger partial charge in [0.05, 0.1) is 12.7 Å². The van der Waals surface area contributed by atoms with Crippen LogP contribution in [-0.4, -0.2) is 23.0 Å². The lowest BCUT2D eigenvalue weighted by atomic mass is 10.0. The maximum Gasteiger partial charge on any atom is 0.259 e. The number of nitrogens with zero attached hydrogens (tertiary/aromatic N) is 2. The standard InChI is InChI=1S/C25H19N3O3/c1-15-12-18(25-28-23-21(31-25)8-5-11-26-23)9-10-20(15)27-24(29)19-13-16-6-3-4-7-17(16)14-22(19)30-2/h3-14H,1-2H3,(H,27,29). The van der Waals surface area contributed by atoms with E-state index in [1.54, 1.807) is 13.3 Å². The van der Waals surface area contributed by atoms with Crippen molar-refractivity contribution in [2.24, 2.45) is 0 Å². The second kappa shape index (κ2) is 7.57. The van der Waals surface area contributed by atoms with E-state index in [1.807, 2.05) is 73.7 Å². The number of oxazole rings is 1. The van der Waals surface area contributed by atoms with Crippen LogP contribution in [0.3, 0.4) is 0 Å². The minimum Gasteiger partial charge on any atom is -0.496 e. The minimum absolute atomic E-state index is 0.232. The van der Waals surface area contributed by atoms with Crippen molar-refractivity contribution in [2.75, 3.05) is 12.4 Å². The molecule has 2 heterocycles. The van der Waals surface area contributed by atoms with E-state index in [9.17, 15) is 4.79 Å². The van der Waals surface area contributed by atoms with Crippen molar-refractivity contribution in [1.29, 1.82) is 0 Å². The number of benzene rings is 3. The van der Waals surface area contributed by atoms with Crippen LogP contribution in [0.2, 0.25) is 0 Å². The van der Waals surface area contributed by atoms with Crippen LogP contribution in [0.25, 0.3) is 33.5 Å². The van der Waals surface area contributed by atoms with Crippen molar-refractivity contribution in [3.05, 3.63) is 84.1 Å². The van der Waals surface area contributed by atoms with Crippen molar-refractivity contribution >= 4 is 33.6 Å². The largest absolute Gasteiger partial charge is 0.496 e. The van der Waals surface area contributed by atoms with Gasteiger partial charge in [0.2, 0.25) is 5.89 Å². The zero-order chi connectivity index (χ0) is 21.4. The Morgan fingerprint density at radius 3 is 2.55 bits per heavy atom. The number of anilines is 1. The average molecular weight is 409 g/mol. The first kappa shape index (κ1) is 18.8. The van der Waals surface area contributed by atoms with Crippen LogP contribution in [0.1, 0.15) is 15.9 Å². The Balaban J connectivity index is 1.45. The molecule has 6 nitrogen and oxygen atoms in total. The third kappa shape index (κ3) is 3.48. The van der Waals surface area contributed by atoms with E-state index in [0.29, 0.717) is 34.1 Å². The predicted octanol–water partition coefficient (Wildman–Crippen LogP) is 5.61. The molecule has 1 N–H and O–H groups in total. The van der Waals surface area contributed by atoms with Crippen LogP contribution in [0.15, 0.2) is 77.3 Å². The Morgan fingerprint density at radius 2 is 1.81 bits per heavy atom.